The monoisotopic (exact) mass is 305 g/mol. The largest absolute Gasteiger partial charge is 0.461 e. The first-order valence-electron chi connectivity index (χ1n) is 7.24. The fourth-order valence-corrected chi connectivity index (χ4v) is 2.30. The third-order valence-electron chi connectivity index (χ3n) is 3.43. The van der Waals surface area contributed by atoms with E-state index in [1.54, 1.807) is 23.7 Å². The Labute approximate surface area is 128 Å². The number of carbonyl (C=O) groups excluding carboxylic acids is 1. The third kappa shape index (κ3) is 3.51. The van der Waals surface area contributed by atoms with E-state index in [2.05, 4.69) is 5.10 Å². The van der Waals surface area contributed by atoms with Gasteiger partial charge in [-0.2, -0.15) is 5.10 Å². The summed E-state index contributed by atoms with van der Waals surface area (Å²) < 4.78 is 19.8. The van der Waals surface area contributed by atoms with E-state index in [-0.39, 0.29) is 12.4 Å². The van der Waals surface area contributed by atoms with Gasteiger partial charge in [0.05, 0.1) is 13.2 Å². The van der Waals surface area contributed by atoms with Crippen molar-refractivity contribution in [2.75, 3.05) is 13.2 Å². The number of ether oxygens (including phenoxy) is 1. The van der Waals surface area contributed by atoms with Gasteiger partial charge >= 0.3 is 5.97 Å². The lowest BCUT2D eigenvalue weighted by molar-refractivity contribution is 0.0517. The van der Waals surface area contributed by atoms with Crippen LogP contribution in [-0.4, -0.2) is 28.9 Å². The third-order valence-corrected chi connectivity index (χ3v) is 3.43. The Morgan fingerprint density at radius 1 is 1.36 bits per heavy atom. The lowest BCUT2D eigenvalue weighted by atomic mass is 10.0. The van der Waals surface area contributed by atoms with Crippen molar-refractivity contribution in [2.45, 2.75) is 26.8 Å². The second-order valence-corrected chi connectivity index (χ2v) is 4.95. The van der Waals surface area contributed by atoms with Gasteiger partial charge in [0.2, 0.25) is 0 Å². The predicted molar refractivity (Wildman–Crippen MR) is 81.2 cm³/mol. The quantitative estimate of drug-likeness (QED) is 0.829. The number of halogens is 1. The first kappa shape index (κ1) is 16.2. The molecule has 2 rings (SSSR count). The number of hydrogen-bond donors (Lipinski definition) is 1. The normalized spacial score (nSPS) is 10.7. The van der Waals surface area contributed by atoms with Crippen LogP contribution in [0.2, 0.25) is 0 Å². The van der Waals surface area contributed by atoms with Gasteiger partial charge in [-0.15, -0.1) is 0 Å². The molecule has 1 aromatic heterocycles. The molecular formula is C16H20FN3O2. The van der Waals surface area contributed by atoms with E-state index in [1.807, 2.05) is 6.92 Å². The van der Waals surface area contributed by atoms with Crippen LogP contribution in [0.1, 0.15) is 34.2 Å². The van der Waals surface area contributed by atoms with E-state index >= 15 is 0 Å². The van der Waals surface area contributed by atoms with Gasteiger partial charge in [-0.05, 0) is 31.5 Å². The molecule has 0 aliphatic heterocycles. The minimum absolute atomic E-state index is 0.287. The molecule has 0 spiro atoms. The average molecular weight is 305 g/mol. The summed E-state index contributed by atoms with van der Waals surface area (Å²) in [6, 6.07) is 6.20. The molecule has 0 aliphatic rings. The average Bonchev–Trinajstić information content (AvgIpc) is 2.80. The Morgan fingerprint density at radius 2 is 2.05 bits per heavy atom. The smallest absolute Gasteiger partial charge is 0.359 e. The Bertz CT molecular complexity index is 650. The molecule has 0 radical (unpaired) electrons. The first-order valence-corrected chi connectivity index (χ1v) is 7.24. The van der Waals surface area contributed by atoms with Gasteiger partial charge in [-0.25, -0.2) is 9.18 Å². The van der Waals surface area contributed by atoms with Crippen molar-refractivity contribution in [3.8, 4) is 0 Å². The SMILES string of the molecule is CCOC(=O)c1nn(CCN)c(C)c1Cc1ccc(F)cc1. The highest BCUT2D eigenvalue weighted by atomic mass is 19.1. The van der Waals surface area contributed by atoms with Crippen molar-refractivity contribution in [1.82, 2.24) is 9.78 Å². The molecule has 0 aliphatic carbocycles. The maximum atomic E-state index is 13.0. The molecule has 1 aromatic carbocycles. The summed E-state index contributed by atoms with van der Waals surface area (Å²) in [7, 11) is 0. The fourth-order valence-electron chi connectivity index (χ4n) is 2.30. The zero-order valence-electron chi connectivity index (χ0n) is 12.8. The minimum atomic E-state index is -0.446. The van der Waals surface area contributed by atoms with Crippen molar-refractivity contribution in [2.24, 2.45) is 5.73 Å². The van der Waals surface area contributed by atoms with Crippen LogP contribution < -0.4 is 5.73 Å². The molecule has 2 N–H and O–H groups in total. The molecule has 0 fully saturated rings. The van der Waals surface area contributed by atoms with Crippen molar-refractivity contribution in [1.29, 1.82) is 0 Å². The van der Waals surface area contributed by atoms with Crippen LogP contribution >= 0.6 is 0 Å². The molecule has 6 heteroatoms. The first-order chi connectivity index (χ1) is 10.6. The van der Waals surface area contributed by atoms with Crippen molar-refractivity contribution < 1.29 is 13.9 Å². The number of nitrogens with two attached hydrogens (primary N) is 1. The van der Waals surface area contributed by atoms with Crippen LogP contribution in [0, 0.1) is 12.7 Å². The molecule has 0 saturated carbocycles. The van der Waals surface area contributed by atoms with E-state index < -0.39 is 5.97 Å². The van der Waals surface area contributed by atoms with Gasteiger partial charge in [0.1, 0.15) is 5.82 Å². The molecule has 0 unspecified atom stereocenters. The molecule has 0 bridgehead atoms. The summed E-state index contributed by atoms with van der Waals surface area (Å²) in [4.78, 5) is 12.1. The van der Waals surface area contributed by atoms with E-state index in [0.29, 0.717) is 25.2 Å². The van der Waals surface area contributed by atoms with E-state index in [9.17, 15) is 9.18 Å². The summed E-state index contributed by atoms with van der Waals surface area (Å²) in [5.41, 5.74) is 8.45. The number of carbonyl (C=O) groups is 1. The van der Waals surface area contributed by atoms with Crippen molar-refractivity contribution in [3.63, 3.8) is 0 Å². The highest BCUT2D eigenvalue weighted by Gasteiger charge is 2.21. The standard InChI is InChI=1S/C16H20FN3O2/c1-3-22-16(21)15-14(11(2)20(19-15)9-8-18)10-12-4-6-13(17)7-5-12/h4-7H,3,8-10,18H2,1-2H3. The van der Waals surface area contributed by atoms with E-state index in [1.165, 1.54) is 12.1 Å². The zero-order chi connectivity index (χ0) is 16.1. The van der Waals surface area contributed by atoms with Crippen molar-refractivity contribution >= 4 is 5.97 Å². The van der Waals surface area contributed by atoms with Gasteiger partial charge in [-0.3, -0.25) is 4.68 Å². The van der Waals surface area contributed by atoms with Gasteiger partial charge in [0.25, 0.3) is 0 Å². The summed E-state index contributed by atoms with van der Waals surface area (Å²) >= 11 is 0. The van der Waals surface area contributed by atoms with Gasteiger partial charge in [0, 0.05) is 24.2 Å². The molecule has 1 heterocycles. The molecule has 0 atom stereocenters. The lowest BCUT2D eigenvalue weighted by Crippen LogP contribution is -2.13. The number of nitrogens with zero attached hydrogens (tertiary/aromatic N) is 2. The molecule has 0 amide bonds. The Balaban J connectivity index is 2.38. The molecule has 0 saturated heterocycles. The second kappa shape index (κ2) is 7.17. The Hall–Kier alpha value is -2.21. The Kier molecular flexibility index (Phi) is 5.27. The van der Waals surface area contributed by atoms with Gasteiger partial charge in [0.15, 0.2) is 5.69 Å². The highest BCUT2D eigenvalue weighted by molar-refractivity contribution is 5.89. The summed E-state index contributed by atoms with van der Waals surface area (Å²) in [5.74, 6) is -0.733. The van der Waals surface area contributed by atoms with Crippen LogP contribution in [0.3, 0.4) is 0 Å². The maximum Gasteiger partial charge on any atom is 0.359 e. The number of esters is 1. The van der Waals surface area contributed by atoms with Crippen LogP contribution in [-0.2, 0) is 17.7 Å². The predicted octanol–water partition coefficient (Wildman–Crippen LogP) is 2.06. The lowest BCUT2D eigenvalue weighted by Gasteiger charge is -2.05. The fraction of sp³-hybridized carbons (Fsp3) is 0.375. The zero-order valence-corrected chi connectivity index (χ0v) is 12.8. The van der Waals surface area contributed by atoms with Crippen LogP contribution in [0.25, 0.3) is 0 Å². The minimum Gasteiger partial charge on any atom is -0.461 e. The second-order valence-electron chi connectivity index (χ2n) is 4.95. The molecule has 118 valence electrons. The molecule has 5 nitrogen and oxygen atoms in total. The van der Waals surface area contributed by atoms with Gasteiger partial charge < -0.3 is 10.5 Å². The number of benzene rings is 1. The molecule has 2 aromatic rings. The van der Waals surface area contributed by atoms with Gasteiger partial charge in [-0.1, -0.05) is 12.1 Å². The van der Waals surface area contributed by atoms with E-state index in [4.69, 9.17) is 10.5 Å². The van der Waals surface area contributed by atoms with Crippen molar-refractivity contribution in [3.05, 3.63) is 52.6 Å². The Morgan fingerprint density at radius 3 is 2.64 bits per heavy atom. The van der Waals surface area contributed by atoms with Crippen LogP contribution in [0.5, 0.6) is 0 Å². The maximum absolute atomic E-state index is 13.0. The number of aromatic nitrogens is 2. The molecule has 22 heavy (non-hydrogen) atoms. The van der Waals surface area contributed by atoms with Crippen LogP contribution in [0.15, 0.2) is 24.3 Å². The van der Waals surface area contributed by atoms with Crippen LogP contribution in [0.4, 0.5) is 4.39 Å². The summed E-state index contributed by atoms with van der Waals surface area (Å²) in [6.07, 6.45) is 0.491. The number of hydrogen-bond acceptors (Lipinski definition) is 4. The summed E-state index contributed by atoms with van der Waals surface area (Å²) in [6.45, 7) is 4.89. The molecular weight excluding hydrogens is 285 g/mol. The number of rotatable bonds is 6. The highest BCUT2D eigenvalue weighted by Crippen LogP contribution is 2.19. The topological polar surface area (TPSA) is 70.1 Å². The van der Waals surface area contributed by atoms with E-state index in [0.717, 1.165) is 16.8 Å². The summed E-state index contributed by atoms with van der Waals surface area (Å²) in [5, 5.41) is 4.32.